The van der Waals surface area contributed by atoms with Crippen LogP contribution in [0.5, 0.6) is 0 Å². The molecule has 2 aliphatic carbocycles. The highest BCUT2D eigenvalue weighted by molar-refractivity contribution is 6.07. The van der Waals surface area contributed by atoms with E-state index in [1.54, 1.807) is 11.9 Å². The van der Waals surface area contributed by atoms with E-state index in [4.69, 9.17) is 0 Å². The second-order valence-electron chi connectivity index (χ2n) is 6.68. The van der Waals surface area contributed by atoms with Gasteiger partial charge in [0.15, 0.2) is 0 Å². The number of hydrogen-bond donors (Lipinski definition) is 1. The molecule has 22 heavy (non-hydrogen) atoms. The Bertz CT molecular complexity index is 545. The highest BCUT2D eigenvalue weighted by atomic mass is 16.2. The van der Waals surface area contributed by atoms with Crippen molar-refractivity contribution in [3.63, 3.8) is 0 Å². The third-order valence-corrected chi connectivity index (χ3v) is 4.89. The van der Waals surface area contributed by atoms with Crippen LogP contribution in [-0.4, -0.2) is 29.8 Å². The molecule has 2 fully saturated rings. The number of carbonyl (C=O) groups is 2. The maximum atomic E-state index is 12.7. The maximum absolute atomic E-state index is 12.7. The van der Waals surface area contributed by atoms with Crippen LogP contribution in [0.3, 0.4) is 0 Å². The van der Waals surface area contributed by atoms with Crippen molar-refractivity contribution in [3.8, 4) is 0 Å². The molecule has 1 aromatic carbocycles. The van der Waals surface area contributed by atoms with Crippen LogP contribution in [0.2, 0.25) is 0 Å². The highest BCUT2D eigenvalue weighted by Gasteiger charge is 2.57. The summed E-state index contributed by atoms with van der Waals surface area (Å²) in [5, 5.41) is 3.09. The summed E-state index contributed by atoms with van der Waals surface area (Å²) >= 11 is 0. The lowest BCUT2D eigenvalue weighted by atomic mass is 10.0. The highest BCUT2D eigenvalue weighted by Crippen LogP contribution is 2.47. The molecule has 0 spiro atoms. The number of nitrogens with zero attached hydrogens (tertiary/aromatic N) is 1. The van der Waals surface area contributed by atoms with Crippen LogP contribution in [0.15, 0.2) is 30.3 Å². The van der Waals surface area contributed by atoms with Crippen LogP contribution in [0.25, 0.3) is 0 Å². The maximum Gasteiger partial charge on any atom is 0.238 e. The molecule has 2 saturated carbocycles. The lowest BCUT2D eigenvalue weighted by molar-refractivity contribution is -0.144. The van der Waals surface area contributed by atoms with E-state index in [0.29, 0.717) is 19.4 Å². The van der Waals surface area contributed by atoms with E-state index in [2.05, 4.69) is 5.32 Å². The molecule has 4 heteroatoms. The summed E-state index contributed by atoms with van der Waals surface area (Å²) in [6, 6.07) is 10.2. The zero-order valence-corrected chi connectivity index (χ0v) is 13.2. The Morgan fingerprint density at radius 1 is 1.18 bits per heavy atom. The summed E-state index contributed by atoms with van der Waals surface area (Å²) < 4.78 is 0. The second kappa shape index (κ2) is 6.11. The molecular weight excluding hydrogens is 276 g/mol. The summed E-state index contributed by atoms with van der Waals surface area (Å²) in [6.07, 6.45) is 5.83. The van der Waals surface area contributed by atoms with Gasteiger partial charge < -0.3 is 10.2 Å². The van der Waals surface area contributed by atoms with Gasteiger partial charge in [0.1, 0.15) is 5.41 Å². The van der Waals surface area contributed by atoms with Gasteiger partial charge in [-0.3, -0.25) is 9.59 Å². The summed E-state index contributed by atoms with van der Waals surface area (Å²) in [5.41, 5.74) is 0.303. The van der Waals surface area contributed by atoms with Crippen molar-refractivity contribution in [2.45, 2.75) is 51.1 Å². The monoisotopic (exact) mass is 300 g/mol. The minimum atomic E-state index is -0.786. The quantitative estimate of drug-likeness (QED) is 0.849. The van der Waals surface area contributed by atoms with E-state index in [9.17, 15) is 9.59 Å². The fourth-order valence-electron chi connectivity index (χ4n) is 3.35. The van der Waals surface area contributed by atoms with Gasteiger partial charge in [-0.2, -0.15) is 0 Å². The molecule has 4 nitrogen and oxygen atoms in total. The molecule has 1 aromatic rings. The van der Waals surface area contributed by atoms with E-state index in [1.165, 1.54) is 12.8 Å². The predicted octanol–water partition coefficient (Wildman–Crippen LogP) is 2.48. The predicted molar refractivity (Wildman–Crippen MR) is 85.0 cm³/mol. The van der Waals surface area contributed by atoms with E-state index in [0.717, 1.165) is 18.4 Å². The molecule has 118 valence electrons. The third-order valence-electron chi connectivity index (χ3n) is 4.89. The molecule has 0 bridgehead atoms. The normalized spacial score (nSPS) is 19.7. The van der Waals surface area contributed by atoms with Crippen LogP contribution in [0.4, 0.5) is 0 Å². The lowest BCUT2D eigenvalue weighted by Crippen LogP contribution is -2.46. The van der Waals surface area contributed by atoms with Crippen LogP contribution in [-0.2, 0) is 16.1 Å². The topological polar surface area (TPSA) is 49.4 Å². The van der Waals surface area contributed by atoms with Gasteiger partial charge in [0.2, 0.25) is 11.8 Å². The van der Waals surface area contributed by atoms with Crippen LogP contribution >= 0.6 is 0 Å². The Morgan fingerprint density at radius 3 is 2.41 bits per heavy atom. The van der Waals surface area contributed by atoms with Crippen molar-refractivity contribution in [2.75, 3.05) is 7.05 Å². The van der Waals surface area contributed by atoms with Gasteiger partial charge in [-0.25, -0.2) is 0 Å². The first-order valence-corrected chi connectivity index (χ1v) is 8.22. The second-order valence-corrected chi connectivity index (χ2v) is 6.68. The average molecular weight is 300 g/mol. The van der Waals surface area contributed by atoms with Crippen molar-refractivity contribution in [1.82, 2.24) is 10.2 Å². The smallest absolute Gasteiger partial charge is 0.238 e. The number of hydrogen-bond acceptors (Lipinski definition) is 2. The SMILES string of the molecule is CN(Cc1ccccc1)C(=O)C1(C(=O)NC2CCCC2)CC1. The zero-order valence-electron chi connectivity index (χ0n) is 13.2. The van der Waals surface area contributed by atoms with Gasteiger partial charge in [-0.05, 0) is 31.2 Å². The summed E-state index contributed by atoms with van der Waals surface area (Å²) in [5.74, 6) is -0.0869. The first-order chi connectivity index (χ1) is 10.6. The molecule has 0 radical (unpaired) electrons. The largest absolute Gasteiger partial charge is 0.352 e. The third kappa shape index (κ3) is 3.01. The molecule has 2 amide bonds. The molecule has 0 aromatic heterocycles. The summed E-state index contributed by atoms with van der Waals surface area (Å²) in [7, 11) is 1.79. The molecule has 0 heterocycles. The molecule has 1 N–H and O–H groups in total. The Hall–Kier alpha value is -1.84. The fraction of sp³-hybridized carbons (Fsp3) is 0.556. The number of rotatable bonds is 5. The van der Waals surface area contributed by atoms with E-state index < -0.39 is 5.41 Å². The summed E-state index contributed by atoms with van der Waals surface area (Å²) in [6.45, 7) is 0.554. The number of nitrogens with one attached hydrogen (secondary N) is 1. The van der Waals surface area contributed by atoms with Crippen LogP contribution in [0, 0.1) is 5.41 Å². The molecular formula is C18H24N2O2. The standard InChI is InChI=1S/C18H24N2O2/c1-20(13-14-7-3-2-4-8-14)17(22)18(11-12-18)16(21)19-15-9-5-6-10-15/h2-4,7-8,15H,5-6,9-13H2,1H3,(H,19,21). The van der Waals surface area contributed by atoms with Crippen LogP contribution in [0.1, 0.15) is 44.1 Å². The molecule has 0 aliphatic heterocycles. The van der Waals surface area contributed by atoms with Gasteiger partial charge in [-0.1, -0.05) is 43.2 Å². The van der Waals surface area contributed by atoms with Crippen molar-refractivity contribution >= 4 is 11.8 Å². The first kappa shape index (κ1) is 15.1. The molecule has 0 atom stereocenters. The lowest BCUT2D eigenvalue weighted by Gasteiger charge is -2.24. The van der Waals surface area contributed by atoms with Crippen molar-refractivity contribution < 1.29 is 9.59 Å². The Kier molecular flexibility index (Phi) is 4.19. The molecule has 0 saturated heterocycles. The van der Waals surface area contributed by atoms with Crippen LogP contribution < -0.4 is 5.32 Å². The average Bonchev–Trinajstić information content (AvgIpc) is 3.19. The zero-order chi connectivity index (χ0) is 15.6. The van der Waals surface area contributed by atoms with Crippen molar-refractivity contribution in [1.29, 1.82) is 0 Å². The number of carbonyl (C=O) groups excluding carboxylic acids is 2. The molecule has 2 aliphatic rings. The molecule has 3 rings (SSSR count). The number of amides is 2. The molecule has 0 unspecified atom stereocenters. The van der Waals surface area contributed by atoms with E-state index in [1.807, 2.05) is 30.3 Å². The van der Waals surface area contributed by atoms with Gasteiger partial charge in [-0.15, -0.1) is 0 Å². The minimum absolute atomic E-state index is 0.0353. The van der Waals surface area contributed by atoms with Crippen molar-refractivity contribution in [2.24, 2.45) is 5.41 Å². The summed E-state index contributed by atoms with van der Waals surface area (Å²) in [4.78, 5) is 26.9. The Balaban J connectivity index is 1.61. The number of benzene rings is 1. The fourth-order valence-corrected chi connectivity index (χ4v) is 3.35. The Morgan fingerprint density at radius 2 is 1.82 bits per heavy atom. The van der Waals surface area contributed by atoms with E-state index >= 15 is 0 Å². The van der Waals surface area contributed by atoms with Gasteiger partial charge in [0.25, 0.3) is 0 Å². The van der Waals surface area contributed by atoms with E-state index in [-0.39, 0.29) is 17.9 Å². The minimum Gasteiger partial charge on any atom is -0.352 e. The van der Waals surface area contributed by atoms with Gasteiger partial charge in [0.05, 0.1) is 0 Å². The van der Waals surface area contributed by atoms with Gasteiger partial charge >= 0.3 is 0 Å². The van der Waals surface area contributed by atoms with Gasteiger partial charge in [0, 0.05) is 19.6 Å². The Labute approximate surface area is 131 Å². The first-order valence-electron chi connectivity index (χ1n) is 8.22. The van der Waals surface area contributed by atoms with Crippen molar-refractivity contribution in [3.05, 3.63) is 35.9 Å².